The summed E-state index contributed by atoms with van der Waals surface area (Å²) in [6, 6.07) is 1.62. The molecule has 0 unspecified atom stereocenters. The molecule has 0 aliphatic carbocycles. The van der Waals surface area contributed by atoms with Gasteiger partial charge in [-0.05, 0) is 0 Å². The molecule has 10 heteroatoms. The quantitative estimate of drug-likeness (QED) is 0.479. The third-order valence-electron chi connectivity index (χ3n) is 1.45. The molecule has 0 bridgehead atoms. The lowest BCUT2D eigenvalue weighted by atomic mass is 10.4. The van der Waals surface area contributed by atoms with E-state index < -0.39 is 15.6 Å². The van der Waals surface area contributed by atoms with Gasteiger partial charge in [-0.15, -0.1) is 0 Å². The lowest BCUT2D eigenvalue weighted by molar-refractivity contribution is -0.0517. The first-order valence-electron chi connectivity index (χ1n) is 4.16. The molecule has 0 radical (unpaired) electrons. The molecule has 1 N–H and O–H groups in total. The average Bonchev–Trinajstić information content (AvgIpc) is 2.19. The van der Waals surface area contributed by atoms with E-state index >= 15 is 0 Å². The van der Waals surface area contributed by atoms with E-state index in [1.165, 1.54) is 13.4 Å². The van der Waals surface area contributed by atoms with Gasteiger partial charge in [0.1, 0.15) is 0 Å². The first-order valence-corrected chi connectivity index (χ1v) is 5.57. The summed E-state index contributed by atoms with van der Waals surface area (Å²) in [5.74, 6) is 1.16. The van der Waals surface area contributed by atoms with Crippen LogP contribution in [0.2, 0.25) is 0 Å². The van der Waals surface area contributed by atoms with E-state index in [-0.39, 0.29) is 5.75 Å². The number of halogens is 3. The standard InChI is InChI=1S/C7H8O3.CHF3O3S/c1-5-3-7(9-2)6(8)4-10-5;2-1(3,4)8(5,6)7/h3-4H,1-2H3;(H,5,6,7). The Labute approximate surface area is 100 Å². The summed E-state index contributed by atoms with van der Waals surface area (Å²) in [6.45, 7) is 1.78. The van der Waals surface area contributed by atoms with Crippen LogP contribution in [0.5, 0.6) is 11.5 Å². The van der Waals surface area contributed by atoms with Crippen LogP contribution in [0.25, 0.3) is 0 Å². The summed E-state index contributed by atoms with van der Waals surface area (Å²) in [4.78, 5) is 0. The van der Waals surface area contributed by atoms with Gasteiger partial charge in [0, 0.05) is 0 Å². The maximum Gasteiger partial charge on any atom is 0.485 e. The summed E-state index contributed by atoms with van der Waals surface area (Å²) in [7, 11) is -4.60. The SMILES string of the molecule is COc1cc(C)[o+]cc1O.O=S(=O)([O-])C(F)(F)F. The van der Waals surface area contributed by atoms with Crippen molar-refractivity contribution in [2.24, 2.45) is 0 Å². The van der Waals surface area contributed by atoms with Gasteiger partial charge in [-0.3, -0.25) is 0 Å². The summed E-state index contributed by atoms with van der Waals surface area (Å²) in [5, 5.41) is 9.02. The van der Waals surface area contributed by atoms with Crippen molar-refractivity contribution in [1.82, 2.24) is 0 Å². The summed E-state index contributed by atoms with van der Waals surface area (Å²) < 4.78 is 68.6. The predicted octanol–water partition coefficient (Wildman–Crippen LogP) is 1.63. The topological polar surface area (TPSA) is 98.0 Å². The lowest BCUT2D eigenvalue weighted by Crippen LogP contribution is -2.21. The molecule has 6 nitrogen and oxygen atoms in total. The highest BCUT2D eigenvalue weighted by molar-refractivity contribution is 7.86. The van der Waals surface area contributed by atoms with Crippen LogP contribution in [0.4, 0.5) is 13.2 Å². The molecule has 1 aromatic rings. The third-order valence-corrected chi connectivity index (χ3v) is 2.01. The number of alkyl halides is 3. The number of rotatable bonds is 1. The number of ether oxygens (including phenoxy) is 1. The molecule has 18 heavy (non-hydrogen) atoms. The molecule has 0 saturated heterocycles. The molecule has 0 saturated carbocycles. The van der Waals surface area contributed by atoms with E-state index in [9.17, 15) is 13.2 Å². The van der Waals surface area contributed by atoms with Crippen LogP contribution in [-0.2, 0) is 10.1 Å². The molecule has 1 rings (SSSR count). The Morgan fingerprint density at radius 1 is 1.44 bits per heavy atom. The normalized spacial score (nSPS) is 11.4. The zero-order valence-electron chi connectivity index (χ0n) is 9.19. The van der Waals surface area contributed by atoms with Crippen molar-refractivity contribution in [2.75, 3.05) is 7.11 Å². The highest BCUT2D eigenvalue weighted by Crippen LogP contribution is 2.25. The number of aromatic hydroxyl groups is 1. The van der Waals surface area contributed by atoms with Crippen molar-refractivity contribution in [1.29, 1.82) is 0 Å². The fourth-order valence-corrected chi connectivity index (χ4v) is 0.663. The van der Waals surface area contributed by atoms with Gasteiger partial charge in [0.2, 0.25) is 0 Å². The maximum atomic E-state index is 10.7. The number of aryl methyl sites for hydroxylation is 1. The minimum Gasteiger partial charge on any atom is -0.741 e. The van der Waals surface area contributed by atoms with Crippen LogP contribution in [-0.4, -0.2) is 30.7 Å². The van der Waals surface area contributed by atoms with Crippen LogP contribution in [0.15, 0.2) is 16.7 Å². The second-order valence-electron chi connectivity index (χ2n) is 2.84. The summed E-state index contributed by atoms with van der Waals surface area (Å²) >= 11 is 0. The molecule has 1 aromatic heterocycles. The largest absolute Gasteiger partial charge is 0.741 e. The van der Waals surface area contributed by atoms with Gasteiger partial charge in [0.05, 0.1) is 20.1 Å². The van der Waals surface area contributed by atoms with Crippen LogP contribution < -0.4 is 4.74 Å². The molecule has 0 amide bonds. The third kappa shape index (κ3) is 5.19. The van der Waals surface area contributed by atoms with Gasteiger partial charge in [-0.1, -0.05) is 0 Å². The summed E-state index contributed by atoms with van der Waals surface area (Å²) in [5.41, 5.74) is -5.65. The zero-order chi connectivity index (χ0) is 14.6. The van der Waals surface area contributed by atoms with Gasteiger partial charge in [-0.25, -0.2) is 12.8 Å². The van der Waals surface area contributed by atoms with E-state index in [2.05, 4.69) is 0 Å². The molecular formula is C8H9F3O6S. The minimum absolute atomic E-state index is 0.0214. The first-order chi connectivity index (χ1) is 7.99. The van der Waals surface area contributed by atoms with Crippen molar-refractivity contribution in [2.45, 2.75) is 12.4 Å². The van der Waals surface area contributed by atoms with Crippen LogP contribution in [0, 0.1) is 6.92 Å². The second kappa shape index (κ2) is 5.87. The molecule has 104 valence electrons. The van der Waals surface area contributed by atoms with E-state index in [0.29, 0.717) is 11.5 Å². The van der Waals surface area contributed by atoms with E-state index in [4.69, 9.17) is 27.2 Å². The molecule has 0 aromatic carbocycles. The zero-order valence-corrected chi connectivity index (χ0v) is 10.0. The van der Waals surface area contributed by atoms with Crippen LogP contribution >= 0.6 is 0 Å². The smallest absolute Gasteiger partial charge is 0.485 e. The molecular weight excluding hydrogens is 281 g/mol. The fraction of sp³-hybridized carbons (Fsp3) is 0.375. The summed E-state index contributed by atoms with van der Waals surface area (Å²) in [6.07, 6.45) is 1.24. The fourth-order valence-electron chi connectivity index (χ4n) is 0.663. The van der Waals surface area contributed by atoms with Crippen molar-refractivity contribution in [3.8, 4) is 11.5 Å². The molecule has 0 spiro atoms. The van der Waals surface area contributed by atoms with Crippen LogP contribution in [0.3, 0.4) is 0 Å². The lowest BCUT2D eigenvalue weighted by Gasteiger charge is -2.08. The Hall–Kier alpha value is -1.55. The maximum absolute atomic E-state index is 10.7. The Kier molecular flexibility index (Phi) is 5.36. The van der Waals surface area contributed by atoms with E-state index in [0.717, 1.165) is 0 Å². The van der Waals surface area contributed by atoms with Crippen molar-refractivity contribution in [3.05, 3.63) is 18.1 Å². The van der Waals surface area contributed by atoms with E-state index in [1.807, 2.05) is 0 Å². The Bertz CT molecular complexity index is 496. The Morgan fingerprint density at radius 2 is 1.89 bits per heavy atom. The van der Waals surface area contributed by atoms with Crippen molar-refractivity contribution in [3.63, 3.8) is 0 Å². The number of methoxy groups -OCH3 is 1. The van der Waals surface area contributed by atoms with Gasteiger partial charge >= 0.3 is 17.5 Å². The van der Waals surface area contributed by atoms with Gasteiger partial charge < -0.3 is 14.4 Å². The highest BCUT2D eigenvalue weighted by Gasteiger charge is 2.36. The van der Waals surface area contributed by atoms with Gasteiger partial charge in [0.25, 0.3) is 5.75 Å². The average molecular weight is 290 g/mol. The minimum atomic E-state index is -6.09. The molecule has 0 atom stereocenters. The molecule has 0 fully saturated rings. The Balaban J connectivity index is 0.000000331. The first kappa shape index (κ1) is 16.4. The number of hydrogen-bond donors (Lipinski definition) is 1. The molecule has 0 aliphatic rings. The second-order valence-corrected chi connectivity index (χ2v) is 4.22. The predicted molar refractivity (Wildman–Crippen MR) is 51.8 cm³/mol. The number of hydrogen-bond acceptors (Lipinski definition) is 5. The van der Waals surface area contributed by atoms with E-state index in [1.54, 1.807) is 13.0 Å². The Morgan fingerprint density at radius 3 is 2.17 bits per heavy atom. The molecule has 0 aliphatic heterocycles. The van der Waals surface area contributed by atoms with Gasteiger partial charge in [0.15, 0.2) is 15.9 Å². The molecule has 1 heterocycles. The monoisotopic (exact) mass is 290 g/mol. The van der Waals surface area contributed by atoms with Crippen molar-refractivity contribution >= 4 is 10.1 Å². The van der Waals surface area contributed by atoms with Gasteiger partial charge in [-0.2, -0.15) is 13.2 Å². The van der Waals surface area contributed by atoms with Crippen molar-refractivity contribution < 1.29 is 40.4 Å². The highest BCUT2D eigenvalue weighted by atomic mass is 32.2. The van der Waals surface area contributed by atoms with Crippen LogP contribution in [0.1, 0.15) is 5.76 Å².